The predicted molar refractivity (Wildman–Crippen MR) is 94.2 cm³/mol. The normalized spacial score (nSPS) is 12.6. The third-order valence-corrected chi connectivity index (χ3v) is 5.12. The highest BCUT2D eigenvalue weighted by Gasteiger charge is 2.11. The molecule has 0 amide bonds. The Labute approximate surface area is 133 Å². The Morgan fingerprint density at radius 3 is 2.14 bits per heavy atom. The molecule has 0 fully saturated rings. The first-order valence-corrected chi connectivity index (χ1v) is 8.56. The average molecular weight is 299 g/mol. The van der Waals surface area contributed by atoms with E-state index in [1.807, 2.05) is 18.8 Å². The lowest BCUT2D eigenvalue weighted by Crippen LogP contribution is -2.18. The lowest BCUT2D eigenvalue weighted by atomic mass is 10.00. The van der Waals surface area contributed by atoms with Crippen LogP contribution in [0.4, 0.5) is 0 Å². The van der Waals surface area contributed by atoms with E-state index in [1.54, 1.807) is 0 Å². The summed E-state index contributed by atoms with van der Waals surface area (Å²) in [7, 11) is 2.04. The number of benzene rings is 2. The van der Waals surface area contributed by atoms with E-state index in [1.165, 1.54) is 21.6 Å². The molecule has 0 aliphatic heterocycles. The van der Waals surface area contributed by atoms with Gasteiger partial charge >= 0.3 is 0 Å². The summed E-state index contributed by atoms with van der Waals surface area (Å²) in [5, 5.41) is 3.44. The van der Waals surface area contributed by atoms with E-state index in [9.17, 15) is 0 Å². The average Bonchev–Trinajstić information content (AvgIpc) is 2.50. The highest BCUT2D eigenvalue weighted by molar-refractivity contribution is 7.99. The van der Waals surface area contributed by atoms with Gasteiger partial charge in [-0.2, -0.15) is 0 Å². The number of aryl methyl sites for hydroxylation is 1. The summed E-state index contributed by atoms with van der Waals surface area (Å²) < 4.78 is 0. The summed E-state index contributed by atoms with van der Waals surface area (Å²) in [5.74, 6) is 1.64. The van der Waals surface area contributed by atoms with Crippen LogP contribution in [0.25, 0.3) is 0 Å². The van der Waals surface area contributed by atoms with Crippen molar-refractivity contribution in [2.75, 3.05) is 12.8 Å². The second kappa shape index (κ2) is 7.67. The van der Waals surface area contributed by atoms with E-state index in [-0.39, 0.29) is 0 Å². The number of thioether (sulfide) groups is 1. The zero-order chi connectivity index (χ0) is 15.2. The van der Waals surface area contributed by atoms with Gasteiger partial charge in [0.15, 0.2) is 0 Å². The molecule has 0 aliphatic rings. The van der Waals surface area contributed by atoms with Crippen molar-refractivity contribution in [3.8, 4) is 0 Å². The van der Waals surface area contributed by atoms with Gasteiger partial charge in [-0.3, -0.25) is 0 Å². The molecule has 1 N–H and O–H groups in total. The Morgan fingerprint density at radius 1 is 0.952 bits per heavy atom. The van der Waals surface area contributed by atoms with Crippen molar-refractivity contribution in [1.29, 1.82) is 0 Å². The molecular weight excluding hydrogens is 274 g/mol. The maximum absolute atomic E-state index is 3.44. The summed E-state index contributed by atoms with van der Waals surface area (Å²) >= 11 is 1.92. The molecule has 2 aromatic rings. The fraction of sp³-hybridized carbons (Fsp3) is 0.368. The second-order valence-electron chi connectivity index (χ2n) is 5.74. The molecule has 0 heterocycles. The Balaban J connectivity index is 2.04. The second-order valence-corrected chi connectivity index (χ2v) is 6.80. The van der Waals surface area contributed by atoms with Gasteiger partial charge in [0.2, 0.25) is 0 Å². The first-order valence-electron chi connectivity index (χ1n) is 7.57. The molecule has 2 aromatic carbocycles. The maximum Gasteiger partial charge on any atom is 0.0412 e. The Morgan fingerprint density at radius 2 is 1.57 bits per heavy atom. The number of hydrogen-bond acceptors (Lipinski definition) is 2. The number of hydrogen-bond donors (Lipinski definition) is 1. The van der Waals surface area contributed by atoms with E-state index in [0.717, 1.165) is 5.75 Å². The summed E-state index contributed by atoms with van der Waals surface area (Å²) in [4.78, 5) is 1.37. The standard InChI is InChI=1S/C19H25NS/c1-14(2)16-9-11-17(12-10-16)18(20-4)13-21-19-8-6-5-7-15(19)3/h5-12,14,18,20H,13H2,1-4H3. The van der Waals surface area contributed by atoms with Gasteiger partial charge in [0, 0.05) is 16.7 Å². The first-order chi connectivity index (χ1) is 10.1. The van der Waals surface area contributed by atoms with Crippen LogP contribution in [-0.2, 0) is 0 Å². The molecule has 1 nitrogen and oxygen atoms in total. The van der Waals surface area contributed by atoms with E-state index in [4.69, 9.17) is 0 Å². The molecule has 112 valence electrons. The molecule has 21 heavy (non-hydrogen) atoms. The molecule has 0 aromatic heterocycles. The van der Waals surface area contributed by atoms with Gasteiger partial charge in [-0.1, -0.05) is 56.3 Å². The van der Waals surface area contributed by atoms with Gasteiger partial charge in [0.1, 0.15) is 0 Å². The largest absolute Gasteiger partial charge is 0.312 e. The molecule has 0 spiro atoms. The minimum Gasteiger partial charge on any atom is -0.312 e. The number of rotatable bonds is 6. The zero-order valence-corrected chi connectivity index (χ0v) is 14.2. The fourth-order valence-electron chi connectivity index (χ4n) is 2.35. The smallest absolute Gasteiger partial charge is 0.0412 e. The van der Waals surface area contributed by atoms with Crippen LogP contribution in [0.3, 0.4) is 0 Å². The van der Waals surface area contributed by atoms with Crippen LogP contribution in [0.5, 0.6) is 0 Å². The van der Waals surface area contributed by atoms with Gasteiger partial charge in [-0.05, 0) is 42.6 Å². The number of nitrogens with one attached hydrogen (secondary N) is 1. The van der Waals surface area contributed by atoms with Gasteiger partial charge in [-0.15, -0.1) is 11.8 Å². The van der Waals surface area contributed by atoms with Gasteiger partial charge in [0.25, 0.3) is 0 Å². The maximum atomic E-state index is 3.44. The van der Waals surface area contributed by atoms with Crippen molar-refractivity contribution in [2.45, 2.75) is 37.6 Å². The third-order valence-electron chi connectivity index (χ3n) is 3.85. The van der Waals surface area contributed by atoms with Crippen molar-refractivity contribution in [3.05, 3.63) is 65.2 Å². The predicted octanol–water partition coefficient (Wildman–Crippen LogP) is 5.17. The van der Waals surface area contributed by atoms with Crippen LogP contribution in [0.2, 0.25) is 0 Å². The minimum absolute atomic E-state index is 0.385. The molecule has 0 saturated heterocycles. The molecule has 1 unspecified atom stereocenters. The van der Waals surface area contributed by atoms with Crippen molar-refractivity contribution in [1.82, 2.24) is 5.32 Å². The molecule has 2 heteroatoms. The SMILES string of the molecule is CNC(CSc1ccccc1C)c1ccc(C(C)C)cc1. The molecule has 2 rings (SSSR count). The molecule has 1 atom stereocenters. The van der Waals surface area contributed by atoms with Gasteiger partial charge in [0.05, 0.1) is 0 Å². The van der Waals surface area contributed by atoms with E-state index < -0.39 is 0 Å². The summed E-state index contributed by atoms with van der Waals surface area (Å²) in [6.07, 6.45) is 0. The monoisotopic (exact) mass is 299 g/mol. The minimum atomic E-state index is 0.385. The van der Waals surface area contributed by atoms with Crippen LogP contribution >= 0.6 is 11.8 Å². The Kier molecular flexibility index (Phi) is 5.89. The van der Waals surface area contributed by atoms with Crippen molar-refractivity contribution in [2.24, 2.45) is 0 Å². The molecule has 0 aliphatic carbocycles. The first kappa shape index (κ1) is 16.1. The fourth-order valence-corrected chi connectivity index (χ4v) is 3.53. The third kappa shape index (κ3) is 4.36. The van der Waals surface area contributed by atoms with Gasteiger partial charge in [-0.25, -0.2) is 0 Å². The van der Waals surface area contributed by atoms with Crippen LogP contribution in [0, 0.1) is 6.92 Å². The lowest BCUT2D eigenvalue weighted by Gasteiger charge is -2.18. The zero-order valence-electron chi connectivity index (χ0n) is 13.4. The topological polar surface area (TPSA) is 12.0 Å². The molecule has 0 saturated carbocycles. The van der Waals surface area contributed by atoms with E-state index in [0.29, 0.717) is 12.0 Å². The van der Waals surface area contributed by atoms with Crippen molar-refractivity contribution in [3.63, 3.8) is 0 Å². The van der Waals surface area contributed by atoms with Crippen molar-refractivity contribution < 1.29 is 0 Å². The van der Waals surface area contributed by atoms with E-state index >= 15 is 0 Å². The summed E-state index contributed by atoms with van der Waals surface area (Å²) in [6, 6.07) is 18.0. The van der Waals surface area contributed by atoms with Crippen molar-refractivity contribution >= 4 is 11.8 Å². The van der Waals surface area contributed by atoms with Crippen LogP contribution in [0.15, 0.2) is 53.4 Å². The molecular formula is C19H25NS. The molecule has 0 radical (unpaired) electrons. The van der Waals surface area contributed by atoms with Crippen LogP contribution in [-0.4, -0.2) is 12.8 Å². The Bertz CT molecular complexity index is 560. The highest BCUT2D eigenvalue weighted by Crippen LogP contribution is 2.27. The van der Waals surface area contributed by atoms with Gasteiger partial charge < -0.3 is 5.32 Å². The molecule has 0 bridgehead atoms. The Hall–Kier alpha value is -1.25. The lowest BCUT2D eigenvalue weighted by molar-refractivity contribution is 0.661. The summed E-state index contributed by atoms with van der Waals surface area (Å²) in [6.45, 7) is 6.64. The summed E-state index contributed by atoms with van der Waals surface area (Å²) in [5.41, 5.74) is 4.12. The quantitative estimate of drug-likeness (QED) is 0.738. The van der Waals surface area contributed by atoms with Crippen LogP contribution < -0.4 is 5.32 Å². The van der Waals surface area contributed by atoms with E-state index in [2.05, 4.69) is 74.6 Å². The highest BCUT2D eigenvalue weighted by atomic mass is 32.2. The van der Waals surface area contributed by atoms with Crippen LogP contribution in [0.1, 0.15) is 42.5 Å².